The molecule has 0 fully saturated rings. The first-order valence-electron chi connectivity index (χ1n) is 5.81. The number of nitrogens with two attached hydrogens (primary N) is 1. The smallest absolute Gasteiger partial charge is 0.227 e. The van der Waals surface area contributed by atoms with Crippen LogP contribution in [0.1, 0.15) is 25.3 Å². The van der Waals surface area contributed by atoms with Crippen LogP contribution in [-0.2, 0) is 4.79 Å². The molecule has 0 heterocycles. The number of anilines is 1. The van der Waals surface area contributed by atoms with Crippen molar-refractivity contribution in [3.63, 3.8) is 0 Å². The van der Waals surface area contributed by atoms with Gasteiger partial charge in [0.05, 0.1) is 5.69 Å². The van der Waals surface area contributed by atoms with Gasteiger partial charge in [0.15, 0.2) is 0 Å². The molecule has 0 spiro atoms. The number of hydrogen-bond acceptors (Lipinski definition) is 2. The van der Waals surface area contributed by atoms with Crippen molar-refractivity contribution in [1.29, 1.82) is 0 Å². The van der Waals surface area contributed by atoms with Crippen LogP contribution in [0.2, 0.25) is 0 Å². The van der Waals surface area contributed by atoms with Gasteiger partial charge >= 0.3 is 0 Å². The molecule has 1 rings (SSSR count). The van der Waals surface area contributed by atoms with Gasteiger partial charge in [-0.05, 0) is 59.9 Å². The van der Waals surface area contributed by atoms with E-state index < -0.39 is 0 Å². The maximum absolute atomic E-state index is 11.9. The molecule has 0 aliphatic rings. The van der Waals surface area contributed by atoms with Gasteiger partial charge in [-0.15, -0.1) is 0 Å². The summed E-state index contributed by atoms with van der Waals surface area (Å²) in [5.41, 5.74) is 7.39. The van der Waals surface area contributed by atoms with Crippen molar-refractivity contribution < 1.29 is 4.79 Å². The van der Waals surface area contributed by atoms with Crippen LogP contribution in [0.4, 0.5) is 5.69 Å². The highest BCUT2D eigenvalue weighted by Crippen LogP contribution is 2.24. The minimum atomic E-state index is -0.00837. The molecule has 1 aromatic carbocycles. The number of amides is 1. The zero-order chi connectivity index (χ0) is 12.8. The Labute approximate surface area is 111 Å². The molecule has 0 radical (unpaired) electrons. The summed E-state index contributed by atoms with van der Waals surface area (Å²) in [4.78, 5) is 11.9. The van der Waals surface area contributed by atoms with Crippen molar-refractivity contribution in [3.05, 3.63) is 28.2 Å². The molecule has 0 aliphatic heterocycles. The summed E-state index contributed by atoms with van der Waals surface area (Å²) in [5.74, 6) is 0.0377. The molecule has 0 aliphatic carbocycles. The van der Waals surface area contributed by atoms with Crippen LogP contribution in [0.25, 0.3) is 0 Å². The van der Waals surface area contributed by atoms with Gasteiger partial charge < -0.3 is 11.1 Å². The fourth-order valence-electron chi connectivity index (χ4n) is 1.55. The molecule has 1 amide bonds. The zero-order valence-electron chi connectivity index (χ0n) is 10.3. The first-order valence-corrected chi connectivity index (χ1v) is 6.61. The van der Waals surface area contributed by atoms with Gasteiger partial charge in [-0.1, -0.05) is 13.0 Å². The number of carbonyl (C=O) groups is 1. The number of aryl methyl sites for hydroxylation is 1. The fourth-order valence-corrected chi connectivity index (χ4v) is 1.89. The molecular weight excluding hydrogens is 280 g/mol. The second-order valence-electron chi connectivity index (χ2n) is 4.30. The number of rotatable bonds is 5. The van der Waals surface area contributed by atoms with Gasteiger partial charge in [-0.25, -0.2) is 0 Å². The Bertz CT molecular complexity index is 393. The molecule has 3 nitrogen and oxygen atoms in total. The van der Waals surface area contributed by atoms with E-state index in [9.17, 15) is 4.79 Å². The third-order valence-corrected chi connectivity index (χ3v) is 3.36. The molecule has 0 aromatic heterocycles. The molecule has 1 unspecified atom stereocenters. The number of carbonyl (C=O) groups excluding carboxylic acids is 1. The third kappa shape index (κ3) is 4.48. The standard InChI is InChI=1S/C13H19BrN2O/c1-9-5-6-11(14)12(8-9)16-13(17)10(2)4-3-7-15/h5-6,8,10H,3-4,7,15H2,1-2H3,(H,16,17). The second-order valence-corrected chi connectivity index (χ2v) is 5.16. The Balaban J connectivity index is 2.64. The Kier molecular flexibility index (Phi) is 5.65. The fraction of sp³-hybridized carbons (Fsp3) is 0.462. The largest absolute Gasteiger partial charge is 0.330 e. The molecule has 1 aromatic rings. The topological polar surface area (TPSA) is 55.1 Å². The van der Waals surface area contributed by atoms with Gasteiger partial charge in [0.1, 0.15) is 0 Å². The van der Waals surface area contributed by atoms with E-state index in [0.29, 0.717) is 6.54 Å². The van der Waals surface area contributed by atoms with Crippen molar-refractivity contribution in [1.82, 2.24) is 0 Å². The average molecular weight is 299 g/mol. The van der Waals surface area contributed by atoms with Gasteiger partial charge in [-0.3, -0.25) is 4.79 Å². The predicted molar refractivity (Wildman–Crippen MR) is 75.0 cm³/mol. The summed E-state index contributed by atoms with van der Waals surface area (Å²) in [6.07, 6.45) is 1.70. The summed E-state index contributed by atoms with van der Waals surface area (Å²) >= 11 is 3.43. The molecule has 17 heavy (non-hydrogen) atoms. The quantitative estimate of drug-likeness (QED) is 0.878. The molecule has 4 heteroatoms. The van der Waals surface area contributed by atoms with Gasteiger partial charge in [-0.2, -0.15) is 0 Å². The minimum Gasteiger partial charge on any atom is -0.330 e. The normalized spacial score (nSPS) is 12.2. The molecule has 3 N–H and O–H groups in total. The van der Waals surface area contributed by atoms with E-state index in [0.717, 1.165) is 28.6 Å². The van der Waals surface area contributed by atoms with Crippen LogP contribution >= 0.6 is 15.9 Å². The van der Waals surface area contributed by atoms with Crippen molar-refractivity contribution in [2.45, 2.75) is 26.7 Å². The highest BCUT2D eigenvalue weighted by molar-refractivity contribution is 9.10. The van der Waals surface area contributed by atoms with E-state index in [4.69, 9.17) is 5.73 Å². The first-order chi connectivity index (χ1) is 8.04. The Morgan fingerprint density at radius 3 is 2.88 bits per heavy atom. The second kappa shape index (κ2) is 6.77. The lowest BCUT2D eigenvalue weighted by Crippen LogP contribution is -2.21. The van der Waals surface area contributed by atoms with E-state index in [2.05, 4.69) is 21.2 Å². The Hall–Kier alpha value is -0.870. The van der Waals surface area contributed by atoms with Gasteiger partial charge in [0.25, 0.3) is 0 Å². The number of nitrogens with one attached hydrogen (secondary N) is 1. The maximum atomic E-state index is 11.9. The molecule has 94 valence electrons. The Morgan fingerprint density at radius 2 is 2.24 bits per heavy atom. The lowest BCUT2D eigenvalue weighted by atomic mass is 10.0. The molecule has 0 saturated heterocycles. The summed E-state index contributed by atoms with van der Waals surface area (Å²) in [6.45, 7) is 4.56. The van der Waals surface area contributed by atoms with E-state index >= 15 is 0 Å². The molecule has 1 atom stereocenters. The van der Waals surface area contributed by atoms with Crippen LogP contribution in [0, 0.1) is 12.8 Å². The van der Waals surface area contributed by atoms with Crippen molar-refractivity contribution >= 4 is 27.5 Å². The highest BCUT2D eigenvalue weighted by atomic mass is 79.9. The van der Waals surface area contributed by atoms with Crippen LogP contribution in [-0.4, -0.2) is 12.5 Å². The van der Waals surface area contributed by atoms with Crippen molar-refractivity contribution in [2.24, 2.45) is 11.7 Å². The lowest BCUT2D eigenvalue weighted by molar-refractivity contribution is -0.119. The van der Waals surface area contributed by atoms with Gasteiger partial charge in [0.2, 0.25) is 5.91 Å². The number of hydrogen-bond donors (Lipinski definition) is 2. The van der Waals surface area contributed by atoms with Crippen molar-refractivity contribution in [2.75, 3.05) is 11.9 Å². The molecular formula is C13H19BrN2O. The Morgan fingerprint density at radius 1 is 1.53 bits per heavy atom. The van der Waals surface area contributed by atoms with E-state index in [1.807, 2.05) is 32.0 Å². The van der Waals surface area contributed by atoms with Crippen molar-refractivity contribution in [3.8, 4) is 0 Å². The summed E-state index contributed by atoms with van der Waals surface area (Å²) in [7, 11) is 0. The SMILES string of the molecule is Cc1ccc(Br)c(NC(=O)C(C)CCCN)c1. The van der Waals surface area contributed by atoms with E-state index in [1.165, 1.54) is 0 Å². The number of halogens is 1. The monoisotopic (exact) mass is 298 g/mol. The van der Waals surface area contributed by atoms with Crippen LogP contribution in [0.5, 0.6) is 0 Å². The summed E-state index contributed by atoms with van der Waals surface area (Å²) < 4.78 is 0.905. The lowest BCUT2D eigenvalue weighted by Gasteiger charge is -2.13. The van der Waals surface area contributed by atoms with Crippen LogP contribution < -0.4 is 11.1 Å². The summed E-state index contributed by atoms with van der Waals surface area (Å²) in [6, 6.07) is 5.89. The summed E-state index contributed by atoms with van der Waals surface area (Å²) in [5, 5.41) is 2.93. The minimum absolute atomic E-state index is 0.00837. The van der Waals surface area contributed by atoms with E-state index in [-0.39, 0.29) is 11.8 Å². The molecule has 0 saturated carbocycles. The average Bonchev–Trinajstić information content (AvgIpc) is 2.30. The first kappa shape index (κ1) is 14.2. The number of benzene rings is 1. The molecule has 0 bridgehead atoms. The van der Waals surface area contributed by atoms with Crippen LogP contribution in [0.3, 0.4) is 0 Å². The maximum Gasteiger partial charge on any atom is 0.227 e. The predicted octanol–water partition coefficient (Wildman–Crippen LogP) is 3.07. The van der Waals surface area contributed by atoms with Gasteiger partial charge in [0, 0.05) is 10.4 Å². The highest BCUT2D eigenvalue weighted by Gasteiger charge is 2.13. The van der Waals surface area contributed by atoms with E-state index in [1.54, 1.807) is 0 Å². The van der Waals surface area contributed by atoms with Crippen LogP contribution in [0.15, 0.2) is 22.7 Å². The third-order valence-electron chi connectivity index (χ3n) is 2.67. The zero-order valence-corrected chi connectivity index (χ0v) is 11.9.